The minimum absolute atomic E-state index is 0.0833. The topological polar surface area (TPSA) is 179 Å². The second-order valence-electron chi connectivity index (χ2n) is 3.56. The van der Waals surface area contributed by atoms with E-state index in [0.29, 0.717) is 5.69 Å². The molecule has 122 valence electrons. The average Bonchev–Trinajstić information content (AvgIpc) is 2.42. The maximum Gasteiger partial charge on any atom is 0.306 e. The minimum Gasteiger partial charge on any atom is -0.508 e. The molecule has 1 rings (SSSR count). The van der Waals surface area contributed by atoms with Crippen LogP contribution in [0.1, 0.15) is 6.92 Å². The van der Waals surface area contributed by atoms with Gasteiger partial charge in [-0.25, -0.2) is 0 Å². The molecule has 0 heterocycles. The highest BCUT2D eigenvalue weighted by atomic mass is 35.5. The van der Waals surface area contributed by atoms with Gasteiger partial charge in [0.1, 0.15) is 11.6 Å². The quantitative estimate of drug-likeness (QED) is 0.265. The minimum atomic E-state index is -1.10. The summed E-state index contributed by atoms with van der Waals surface area (Å²) in [5, 5.41) is 11.5. The number of hydrogen-bond acceptors (Lipinski definition) is 5. The van der Waals surface area contributed by atoms with E-state index in [1.54, 1.807) is 12.1 Å². The molecule has 10 heteroatoms. The molecular formula is C12H17ClN4O5. The lowest BCUT2D eigenvalue weighted by Gasteiger charge is -1.99. The zero-order valence-electron chi connectivity index (χ0n) is 11.7. The fraction of sp³-hybridized carbons (Fsp3) is 0.167. The first-order valence-corrected chi connectivity index (χ1v) is 6.13. The smallest absolute Gasteiger partial charge is 0.306 e. The fourth-order valence-electron chi connectivity index (χ4n) is 0.748. The summed E-state index contributed by atoms with van der Waals surface area (Å²) < 4.78 is 0. The summed E-state index contributed by atoms with van der Waals surface area (Å²) in [6.45, 7) is 1.44. The van der Waals surface area contributed by atoms with Crippen molar-refractivity contribution in [3.8, 4) is 5.75 Å². The number of aromatic hydroxyl groups is 1. The number of carbonyl (C=O) groups excluding carboxylic acids is 4. The van der Waals surface area contributed by atoms with Crippen LogP contribution in [-0.2, 0) is 19.2 Å². The molecule has 8 N–H and O–H groups in total. The molecule has 0 unspecified atom stereocenters. The second kappa shape index (κ2) is 12.0. The van der Waals surface area contributed by atoms with Crippen molar-refractivity contribution in [2.75, 3.05) is 11.2 Å². The number of primary amides is 3. The molecule has 1 aromatic rings. The monoisotopic (exact) mass is 332 g/mol. The number of nitrogens with one attached hydrogen (secondary N) is 1. The first-order valence-electron chi connectivity index (χ1n) is 5.60. The molecule has 0 aliphatic carbocycles. The molecule has 0 spiro atoms. The Balaban J connectivity index is 0. The van der Waals surface area contributed by atoms with Crippen LogP contribution < -0.4 is 22.5 Å². The van der Waals surface area contributed by atoms with E-state index in [1.165, 1.54) is 19.1 Å². The molecule has 0 fully saturated rings. The molecule has 0 saturated carbocycles. The highest BCUT2D eigenvalue weighted by Crippen LogP contribution is 2.13. The zero-order chi connectivity index (χ0) is 17.7. The second-order valence-corrected chi connectivity index (χ2v) is 3.82. The molecule has 1 aromatic carbocycles. The van der Waals surface area contributed by atoms with E-state index in [4.69, 9.17) is 16.7 Å². The van der Waals surface area contributed by atoms with E-state index < -0.39 is 17.7 Å². The predicted molar refractivity (Wildman–Crippen MR) is 80.7 cm³/mol. The van der Waals surface area contributed by atoms with Crippen molar-refractivity contribution >= 4 is 40.9 Å². The van der Waals surface area contributed by atoms with E-state index in [1.807, 2.05) is 0 Å². The zero-order valence-corrected chi connectivity index (χ0v) is 12.5. The maximum absolute atomic E-state index is 10.5. The van der Waals surface area contributed by atoms with Gasteiger partial charge in [0.25, 0.3) is 0 Å². The summed E-state index contributed by atoms with van der Waals surface area (Å²) in [6.07, 6.45) is 0. The Bertz CT molecular complexity index is 507. The molecule has 0 aliphatic rings. The Morgan fingerprint density at radius 2 is 1.41 bits per heavy atom. The summed E-state index contributed by atoms with van der Waals surface area (Å²) in [5.74, 6) is -2.69. The van der Waals surface area contributed by atoms with Crippen molar-refractivity contribution in [2.24, 2.45) is 17.2 Å². The van der Waals surface area contributed by atoms with Crippen LogP contribution in [0.5, 0.6) is 5.75 Å². The van der Waals surface area contributed by atoms with Crippen LogP contribution in [-0.4, -0.2) is 34.6 Å². The average molecular weight is 333 g/mol. The summed E-state index contributed by atoms with van der Waals surface area (Å²) in [5.41, 5.74) is 13.9. The Morgan fingerprint density at radius 3 is 1.64 bits per heavy atom. The van der Waals surface area contributed by atoms with Crippen molar-refractivity contribution in [3.05, 3.63) is 24.3 Å². The number of alkyl halides is 1. The molecule has 0 bridgehead atoms. The van der Waals surface area contributed by atoms with Crippen LogP contribution in [0.3, 0.4) is 0 Å². The molecule has 0 radical (unpaired) electrons. The lowest BCUT2D eigenvalue weighted by Crippen LogP contribution is -2.29. The van der Waals surface area contributed by atoms with Crippen LogP contribution in [0, 0.1) is 0 Å². The highest BCUT2D eigenvalue weighted by molar-refractivity contribution is 6.33. The summed E-state index contributed by atoms with van der Waals surface area (Å²) in [6, 6.07) is 6.31. The maximum atomic E-state index is 10.5. The lowest BCUT2D eigenvalue weighted by atomic mass is 10.3. The normalized spacial score (nSPS) is 8.27. The van der Waals surface area contributed by atoms with Crippen molar-refractivity contribution in [2.45, 2.75) is 6.92 Å². The molecular weight excluding hydrogens is 316 g/mol. The van der Waals surface area contributed by atoms with Gasteiger partial charge in [0.2, 0.25) is 11.8 Å². The molecule has 22 heavy (non-hydrogen) atoms. The van der Waals surface area contributed by atoms with Gasteiger partial charge in [-0.1, -0.05) is 0 Å². The van der Waals surface area contributed by atoms with Crippen molar-refractivity contribution in [3.63, 3.8) is 0 Å². The Morgan fingerprint density at radius 1 is 1.05 bits per heavy atom. The molecule has 4 amide bonds. The van der Waals surface area contributed by atoms with Gasteiger partial charge in [-0.2, -0.15) is 0 Å². The van der Waals surface area contributed by atoms with Crippen molar-refractivity contribution in [1.82, 2.24) is 0 Å². The van der Waals surface area contributed by atoms with E-state index in [-0.39, 0.29) is 17.5 Å². The van der Waals surface area contributed by atoms with Gasteiger partial charge in [-0.3, -0.25) is 19.2 Å². The van der Waals surface area contributed by atoms with Gasteiger partial charge in [-0.15, -0.1) is 11.6 Å². The Hall–Kier alpha value is -2.81. The summed E-state index contributed by atoms with van der Waals surface area (Å²) in [4.78, 5) is 38.9. The fourth-order valence-corrected chi connectivity index (χ4v) is 0.748. The lowest BCUT2D eigenvalue weighted by molar-refractivity contribution is -0.135. The third kappa shape index (κ3) is 15.2. The molecule has 9 nitrogen and oxygen atoms in total. The third-order valence-electron chi connectivity index (χ3n) is 1.56. The standard InChI is InChI=1S/C8H9NO2.C2H4ClNO.C2H4N2O2/c1-6(10)9-7-2-4-8(11)5-3-7;3-1-2(4)5;3-1(5)2(4)6/h2-5,11H,1H3,(H,9,10);1H2,(H2,4,5);(H2,3,5)(H2,4,6). The summed E-state index contributed by atoms with van der Waals surface area (Å²) in [7, 11) is 0. The summed E-state index contributed by atoms with van der Waals surface area (Å²) >= 11 is 4.86. The van der Waals surface area contributed by atoms with Gasteiger partial charge < -0.3 is 27.6 Å². The molecule has 0 aromatic heterocycles. The first kappa shape index (κ1) is 21.5. The van der Waals surface area contributed by atoms with E-state index in [0.717, 1.165) is 0 Å². The Kier molecular flexibility index (Phi) is 11.7. The number of carbonyl (C=O) groups is 4. The first-order chi connectivity index (χ1) is 10.1. The number of benzene rings is 1. The van der Waals surface area contributed by atoms with Crippen molar-refractivity contribution < 1.29 is 24.3 Å². The number of anilines is 1. The van der Waals surface area contributed by atoms with Gasteiger partial charge in [0, 0.05) is 12.6 Å². The molecule has 0 saturated heterocycles. The number of amides is 4. The van der Waals surface area contributed by atoms with E-state index >= 15 is 0 Å². The van der Waals surface area contributed by atoms with Crippen LogP contribution in [0.2, 0.25) is 0 Å². The predicted octanol–water partition coefficient (Wildman–Crippen LogP) is -0.982. The van der Waals surface area contributed by atoms with Gasteiger partial charge in [0.15, 0.2) is 0 Å². The number of hydrogen-bond donors (Lipinski definition) is 5. The molecule has 0 aliphatic heterocycles. The number of phenolic OH excluding ortho intramolecular Hbond substituents is 1. The van der Waals surface area contributed by atoms with Crippen LogP contribution in [0.4, 0.5) is 5.69 Å². The number of nitrogens with two attached hydrogens (primary N) is 3. The van der Waals surface area contributed by atoms with Crippen LogP contribution >= 0.6 is 11.6 Å². The SMILES string of the molecule is CC(=O)Nc1ccc(O)cc1.NC(=O)C(N)=O.NC(=O)CCl. The van der Waals surface area contributed by atoms with E-state index in [9.17, 15) is 19.2 Å². The molecule has 0 atom stereocenters. The van der Waals surface area contributed by atoms with Crippen LogP contribution in [0.15, 0.2) is 24.3 Å². The van der Waals surface area contributed by atoms with Crippen LogP contribution in [0.25, 0.3) is 0 Å². The van der Waals surface area contributed by atoms with Crippen molar-refractivity contribution in [1.29, 1.82) is 0 Å². The third-order valence-corrected chi connectivity index (χ3v) is 1.83. The number of halogens is 1. The van der Waals surface area contributed by atoms with Gasteiger partial charge in [0.05, 0.1) is 0 Å². The van der Waals surface area contributed by atoms with Gasteiger partial charge >= 0.3 is 11.8 Å². The van der Waals surface area contributed by atoms with Gasteiger partial charge in [-0.05, 0) is 24.3 Å². The number of rotatable bonds is 2. The van der Waals surface area contributed by atoms with E-state index in [2.05, 4.69) is 22.5 Å². The highest BCUT2D eigenvalue weighted by Gasteiger charge is 1.96. The largest absolute Gasteiger partial charge is 0.508 e. The Labute approximate surface area is 131 Å². The number of phenols is 1.